The molecule has 0 saturated carbocycles. The van der Waals surface area contributed by atoms with Gasteiger partial charge in [0.2, 0.25) is 5.95 Å². The molecule has 2 aromatic rings. The molecule has 0 radical (unpaired) electrons. The fourth-order valence-corrected chi connectivity index (χ4v) is 2.52. The van der Waals surface area contributed by atoms with Crippen molar-refractivity contribution in [3.05, 3.63) is 29.3 Å². The Morgan fingerprint density at radius 2 is 2.15 bits per heavy atom. The highest BCUT2D eigenvalue weighted by molar-refractivity contribution is 5.37. The summed E-state index contributed by atoms with van der Waals surface area (Å²) in [7, 11) is 1.72. The van der Waals surface area contributed by atoms with Gasteiger partial charge in [-0.1, -0.05) is 0 Å². The van der Waals surface area contributed by atoms with E-state index in [0.717, 1.165) is 36.0 Å². The largest absolute Gasteiger partial charge is 0.379 e. The Labute approximate surface area is 117 Å². The maximum atomic E-state index is 5.57. The lowest BCUT2D eigenvalue weighted by molar-refractivity contribution is 0.105. The Hall–Kier alpha value is -2.02. The predicted molar refractivity (Wildman–Crippen MR) is 73.6 cm³/mol. The SMILES string of the molecule is CO[C@@H]1CN(c2ncc(C)c(C)n2)C[C@H]1c1cn[nH]n1. The van der Waals surface area contributed by atoms with Gasteiger partial charge < -0.3 is 9.64 Å². The summed E-state index contributed by atoms with van der Waals surface area (Å²) in [6.45, 7) is 5.56. The van der Waals surface area contributed by atoms with E-state index in [9.17, 15) is 0 Å². The molecular formula is C13H18N6O. The van der Waals surface area contributed by atoms with E-state index in [-0.39, 0.29) is 12.0 Å². The molecule has 0 aliphatic carbocycles. The molecule has 20 heavy (non-hydrogen) atoms. The van der Waals surface area contributed by atoms with Crippen LogP contribution >= 0.6 is 0 Å². The standard InChI is InChI=1S/C13H18N6O/c1-8-4-14-13(16-9(8)2)19-6-10(12(7-19)20-3)11-5-15-18-17-11/h4-5,10,12H,6-7H2,1-3H3,(H,15,17,18)/t10-,12+/m0/s1. The predicted octanol–water partition coefficient (Wildman–Crippen LogP) is 0.830. The molecule has 0 spiro atoms. The van der Waals surface area contributed by atoms with Gasteiger partial charge in [-0.2, -0.15) is 15.4 Å². The van der Waals surface area contributed by atoms with Crippen molar-refractivity contribution in [3.8, 4) is 0 Å². The number of nitrogens with one attached hydrogen (secondary N) is 1. The summed E-state index contributed by atoms with van der Waals surface area (Å²) in [5.41, 5.74) is 3.03. The number of aryl methyl sites for hydroxylation is 2. The summed E-state index contributed by atoms with van der Waals surface area (Å²) >= 11 is 0. The number of aromatic nitrogens is 5. The molecule has 2 atom stereocenters. The van der Waals surface area contributed by atoms with Crippen LogP contribution in [0.5, 0.6) is 0 Å². The maximum Gasteiger partial charge on any atom is 0.225 e. The van der Waals surface area contributed by atoms with Crippen molar-refractivity contribution in [2.45, 2.75) is 25.9 Å². The van der Waals surface area contributed by atoms with Crippen LogP contribution in [0.2, 0.25) is 0 Å². The highest BCUT2D eigenvalue weighted by Crippen LogP contribution is 2.29. The average Bonchev–Trinajstić information content (AvgIpc) is 3.09. The topological polar surface area (TPSA) is 79.8 Å². The van der Waals surface area contributed by atoms with Gasteiger partial charge in [-0.05, 0) is 19.4 Å². The van der Waals surface area contributed by atoms with E-state index < -0.39 is 0 Å². The van der Waals surface area contributed by atoms with Crippen molar-refractivity contribution >= 4 is 5.95 Å². The minimum absolute atomic E-state index is 0.0744. The zero-order valence-electron chi connectivity index (χ0n) is 11.9. The molecule has 2 aromatic heterocycles. The fraction of sp³-hybridized carbons (Fsp3) is 0.538. The van der Waals surface area contributed by atoms with Gasteiger partial charge >= 0.3 is 0 Å². The smallest absolute Gasteiger partial charge is 0.225 e. The van der Waals surface area contributed by atoms with Crippen LogP contribution in [-0.2, 0) is 4.74 Å². The van der Waals surface area contributed by atoms with E-state index in [0.29, 0.717) is 0 Å². The van der Waals surface area contributed by atoms with Crippen LogP contribution in [-0.4, -0.2) is 51.7 Å². The molecule has 1 fully saturated rings. The monoisotopic (exact) mass is 274 g/mol. The lowest BCUT2D eigenvalue weighted by atomic mass is 10.0. The molecular weight excluding hydrogens is 256 g/mol. The summed E-state index contributed by atoms with van der Waals surface area (Å²) in [4.78, 5) is 11.1. The Morgan fingerprint density at radius 1 is 1.30 bits per heavy atom. The number of hydrogen-bond acceptors (Lipinski definition) is 6. The molecule has 1 aliphatic heterocycles. The maximum absolute atomic E-state index is 5.57. The van der Waals surface area contributed by atoms with Crippen molar-refractivity contribution < 1.29 is 4.74 Å². The van der Waals surface area contributed by atoms with E-state index in [1.54, 1.807) is 13.3 Å². The second kappa shape index (κ2) is 5.16. The number of H-pyrrole nitrogens is 1. The van der Waals surface area contributed by atoms with Gasteiger partial charge in [-0.3, -0.25) is 0 Å². The van der Waals surface area contributed by atoms with Gasteiger partial charge in [0.15, 0.2) is 0 Å². The van der Waals surface area contributed by atoms with Crippen LogP contribution in [0.3, 0.4) is 0 Å². The number of nitrogens with zero attached hydrogens (tertiary/aromatic N) is 5. The molecule has 3 heterocycles. The van der Waals surface area contributed by atoms with Gasteiger partial charge in [0.1, 0.15) is 0 Å². The van der Waals surface area contributed by atoms with Crippen molar-refractivity contribution in [3.63, 3.8) is 0 Å². The molecule has 0 amide bonds. The Kier molecular flexibility index (Phi) is 3.35. The first-order chi connectivity index (χ1) is 9.69. The van der Waals surface area contributed by atoms with E-state index in [1.807, 2.05) is 20.0 Å². The Morgan fingerprint density at radius 3 is 2.80 bits per heavy atom. The molecule has 106 valence electrons. The molecule has 7 nitrogen and oxygen atoms in total. The fourth-order valence-electron chi connectivity index (χ4n) is 2.52. The lowest BCUT2D eigenvalue weighted by Gasteiger charge is -2.16. The Bertz CT molecular complexity index is 585. The first-order valence-electron chi connectivity index (χ1n) is 6.62. The molecule has 0 aromatic carbocycles. The number of hydrogen-bond donors (Lipinski definition) is 1. The third kappa shape index (κ3) is 2.24. The molecule has 1 N–H and O–H groups in total. The second-order valence-electron chi connectivity index (χ2n) is 5.12. The average molecular weight is 274 g/mol. The van der Waals surface area contributed by atoms with Crippen molar-refractivity contribution in [1.82, 2.24) is 25.4 Å². The van der Waals surface area contributed by atoms with E-state index in [1.165, 1.54) is 0 Å². The lowest BCUT2D eigenvalue weighted by Crippen LogP contribution is -2.24. The summed E-state index contributed by atoms with van der Waals surface area (Å²) < 4.78 is 5.57. The Balaban J connectivity index is 1.84. The first-order valence-corrected chi connectivity index (χ1v) is 6.62. The first kappa shape index (κ1) is 13.0. The zero-order chi connectivity index (χ0) is 14.1. The zero-order valence-corrected chi connectivity index (χ0v) is 11.9. The highest BCUT2D eigenvalue weighted by Gasteiger charge is 2.36. The van der Waals surface area contributed by atoms with Gasteiger partial charge in [-0.15, -0.1) is 0 Å². The van der Waals surface area contributed by atoms with Crippen LogP contribution in [0.1, 0.15) is 22.9 Å². The number of anilines is 1. The van der Waals surface area contributed by atoms with E-state index >= 15 is 0 Å². The minimum Gasteiger partial charge on any atom is -0.379 e. The van der Waals surface area contributed by atoms with Gasteiger partial charge in [0.25, 0.3) is 0 Å². The van der Waals surface area contributed by atoms with Crippen LogP contribution in [0.25, 0.3) is 0 Å². The molecule has 0 bridgehead atoms. The van der Waals surface area contributed by atoms with Crippen molar-refractivity contribution in [1.29, 1.82) is 0 Å². The molecule has 3 rings (SSSR count). The molecule has 7 heteroatoms. The third-order valence-electron chi connectivity index (χ3n) is 3.88. The second-order valence-corrected chi connectivity index (χ2v) is 5.12. The summed E-state index contributed by atoms with van der Waals surface area (Å²) in [5, 5.41) is 10.7. The molecule has 1 aliphatic rings. The minimum atomic E-state index is 0.0744. The highest BCUT2D eigenvalue weighted by atomic mass is 16.5. The molecule has 0 unspecified atom stereocenters. The van der Waals surface area contributed by atoms with Gasteiger partial charge in [0, 0.05) is 32.1 Å². The molecule has 1 saturated heterocycles. The number of ether oxygens (including phenoxy) is 1. The van der Waals surface area contributed by atoms with Gasteiger partial charge in [-0.25, -0.2) is 9.97 Å². The quantitative estimate of drug-likeness (QED) is 0.893. The third-order valence-corrected chi connectivity index (χ3v) is 3.88. The summed E-state index contributed by atoms with van der Waals surface area (Å²) in [6, 6.07) is 0. The van der Waals surface area contributed by atoms with E-state index in [2.05, 4.69) is 30.3 Å². The van der Waals surface area contributed by atoms with Crippen molar-refractivity contribution in [2.75, 3.05) is 25.1 Å². The number of aromatic amines is 1. The van der Waals surface area contributed by atoms with E-state index in [4.69, 9.17) is 4.74 Å². The number of methoxy groups -OCH3 is 1. The summed E-state index contributed by atoms with van der Waals surface area (Å²) in [6.07, 6.45) is 3.69. The normalized spacial score (nSPS) is 22.4. The van der Waals surface area contributed by atoms with Crippen LogP contribution < -0.4 is 4.90 Å². The van der Waals surface area contributed by atoms with Crippen LogP contribution in [0.4, 0.5) is 5.95 Å². The van der Waals surface area contributed by atoms with Crippen LogP contribution in [0, 0.1) is 13.8 Å². The number of rotatable bonds is 3. The van der Waals surface area contributed by atoms with Crippen LogP contribution in [0.15, 0.2) is 12.4 Å². The van der Waals surface area contributed by atoms with Gasteiger partial charge in [0.05, 0.1) is 23.9 Å². The summed E-state index contributed by atoms with van der Waals surface area (Å²) in [5.74, 6) is 0.935. The van der Waals surface area contributed by atoms with Crippen molar-refractivity contribution in [2.24, 2.45) is 0 Å².